The van der Waals surface area contributed by atoms with Gasteiger partial charge in [-0.05, 0) is 24.3 Å². The van der Waals surface area contributed by atoms with E-state index in [0.717, 1.165) is 42.2 Å². The van der Waals surface area contributed by atoms with E-state index in [0.29, 0.717) is 11.5 Å². The van der Waals surface area contributed by atoms with Crippen molar-refractivity contribution in [3.05, 3.63) is 65.0 Å². The molecule has 1 saturated heterocycles. The first kappa shape index (κ1) is 20.8. The van der Waals surface area contributed by atoms with Gasteiger partial charge in [-0.15, -0.1) is 0 Å². The van der Waals surface area contributed by atoms with Gasteiger partial charge < -0.3 is 16.0 Å². The number of nitrogens with one attached hydrogen (secondary N) is 1. The van der Waals surface area contributed by atoms with Gasteiger partial charge in [0.25, 0.3) is 6.08 Å². The van der Waals surface area contributed by atoms with Gasteiger partial charge in [-0.25, -0.2) is 24.0 Å². The third-order valence-corrected chi connectivity index (χ3v) is 5.05. The van der Waals surface area contributed by atoms with Crippen LogP contribution in [0.5, 0.6) is 0 Å². The Bertz CT molecular complexity index is 1130. The maximum atomic E-state index is 12.9. The summed E-state index contributed by atoms with van der Waals surface area (Å²) in [6, 6.07) is 9.11. The molecule has 4 rings (SSSR count). The van der Waals surface area contributed by atoms with Gasteiger partial charge in [0.05, 0.1) is 12.2 Å². The molecule has 3 aromatic rings. The molecular weight excluding hydrogens is 406 g/mol. The predicted octanol–water partition coefficient (Wildman–Crippen LogP) is 1.01. The average molecular weight is 428 g/mol. The van der Waals surface area contributed by atoms with Crippen LogP contribution < -0.4 is 21.6 Å². The number of hydrogen-bond donors (Lipinski definition) is 2. The molecule has 11 heteroatoms. The Hall–Kier alpha value is -3.44. The van der Waals surface area contributed by atoms with E-state index in [1.807, 2.05) is 18.2 Å². The van der Waals surface area contributed by atoms with E-state index in [2.05, 4.69) is 25.3 Å². The first-order chi connectivity index (χ1) is 15.1. The van der Waals surface area contributed by atoms with Crippen molar-refractivity contribution in [2.75, 3.05) is 37.6 Å². The second-order valence-electron chi connectivity index (χ2n) is 7.03. The quantitative estimate of drug-likeness (QED) is 0.603. The van der Waals surface area contributed by atoms with Crippen molar-refractivity contribution in [3.8, 4) is 17.1 Å². The standard InChI is InChI=1S/C20H22F2N8O/c21-19(22)15(10-23)12-30-20(31)29(13-26-30)18-3-1-2-16(27-18)14-4-5-17(25-11-14)28-8-6-24-7-9-28/h1-5,11,13,24H,6-10,12,23H2. The number of aromatic nitrogens is 5. The van der Waals surface area contributed by atoms with Crippen LogP contribution in [0.4, 0.5) is 14.6 Å². The Morgan fingerprint density at radius 3 is 2.61 bits per heavy atom. The highest BCUT2D eigenvalue weighted by Gasteiger charge is 2.14. The zero-order chi connectivity index (χ0) is 21.8. The SMILES string of the molecule is NCC(Cn1ncn(-c2cccc(-c3ccc(N4CCNCC4)nc3)n2)c1=O)=C(F)F. The smallest absolute Gasteiger partial charge is 0.351 e. The van der Waals surface area contributed by atoms with Gasteiger partial charge in [0, 0.05) is 50.1 Å². The van der Waals surface area contributed by atoms with Crippen LogP contribution in [-0.4, -0.2) is 57.0 Å². The van der Waals surface area contributed by atoms with Crippen LogP contribution in [-0.2, 0) is 6.54 Å². The summed E-state index contributed by atoms with van der Waals surface area (Å²) in [7, 11) is 0. The fraction of sp³-hybridized carbons (Fsp3) is 0.300. The third kappa shape index (κ3) is 4.52. The lowest BCUT2D eigenvalue weighted by molar-refractivity contribution is 0.400. The molecule has 0 atom stereocenters. The summed E-state index contributed by atoms with van der Waals surface area (Å²) in [4.78, 5) is 23.9. The molecule has 3 N–H and O–H groups in total. The molecule has 0 bridgehead atoms. The van der Waals surface area contributed by atoms with Crippen LogP contribution in [0.2, 0.25) is 0 Å². The summed E-state index contributed by atoms with van der Waals surface area (Å²) in [5.41, 5.74) is 5.83. The molecule has 0 saturated carbocycles. The van der Waals surface area contributed by atoms with Gasteiger partial charge >= 0.3 is 5.69 Å². The van der Waals surface area contributed by atoms with E-state index in [-0.39, 0.29) is 18.7 Å². The monoisotopic (exact) mass is 428 g/mol. The van der Waals surface area contributed by atoms with Crippen LogP contribution in [0, 0.1) is 0 Å². The van der Waals surface area contributed by atoms with Crippen molar-refractivity contribution in [2.24, 2.45) is 5.73 Å². The summed E-state index contributed by atoms with van der Waals surface area (Å²) in [5.74, 6) is 1.24. The van der Waals surface area contributed by atoms with Gasteiger partial charge in [0.2, 0.25) is 0 Å². The van der Waals surface area contributed by atoms with Crippen LogP contribution >= 0.6 is 0 Å². The zero-order valence-corrected chi connectivity index (χ0v) is 16.7. The summed E-state index contributed by atoms with van der Waals surface area (Å²) < 4.78 is 27.9. The molecule has 0 aliphatic carbocycles. The minimum atomic E-state index is -1.90. The number of piperazine rings is 1. The molecule has 162 valence electrons. The van der Waals surface area contributed by atoms with E-state index >= 15 is 0 Å². The molecule has 0 spiro atoms. The summed E-state index contributed by atoms with van der Waals surface area (Å²) >= 11 is 0. The molecule has 1 aliphatic rings. The van der Waals surface area contributed by atoms with Crippen molar-refractivity contribution in [3.63, 3.8) is 0 Å². The number of rotatable bonds is 6. The zero-order valence-electron chi connectivity index (χ0n) is 16.7. The number of anilines is 1. The second kappa shape index (κ2) is 9.14. The van der Waals surface area contributed by atoms with Crippen LogP contribution in [0.3, 0.4) is 0 Å². The summed E-state index contributed by atoms with van der Waals surface area (Å²) in [6.07, 6.45) is 1.10. The molecule has 3 aromatic heterocycles. The Kier molecular flexibility index (Phi) is 6.14. The van der Waals surface area contributed by atoms with E-state index in [1.165, 1.54) is 10.9 Å². The molecule has 1 aliphatic heterocycles. The molecule has 31 heavy (non-hydrogen) atoms. The molecule has 0 amide bonds. The van der Waals surface area contributed by atoms with Gasteiger partial charge in [-0.3, -0.25) is 0 Å². The summed E-state index contributed by atoms with van der Waals surface area (Å²) in [5, 5.41) is 7.22. The van der Waals surface area contributed by atoms with E-state index in [4.69, 9.17) is 5.73 Å². The first-order valence-corrected chi connectivity index (χ1v) is 9.84. The number of nitrogens with two attached hydrogens (primary N) is 1. The highest BCUT2D eigenvalue weighted by atomic mass is 19.3. The number of pyridine rings is 2. The molecule has 0 unspecified atom stereocenters. The van der Waals surface area contributed by atoms with Crippen LogP contribution in [0.25, 0.3) is 17.1 Å². The Morgan fingerprint density at radius 2 is 1.94 bits per heavy atom. The minimum absolute atomic E-state index is 0.332. The lowest BCUT2D eigenvalue weighted by atomic mass is 10.2. The molecule has 4 heterocycles. The lowest BCUT2D eigenvalue weighted by Crippen LogP contribution is -2.43. The van der Waals surface area contributed by atoms with Crippen molar-refractivity contribution >= 4 is 5.82 Å². The topological polar surface area (TPSA) is 107 Å². The largest absolute Gasteiger partial charge is 0.354 e. The maximum Gasteiger partial charge on any atom is 0.351 e. The van der Waals surface area contributed by atoms with Crippen molar-refractivity contribution in [1.82, 2.24) is 29.6 Å². The number of nitrogens with zero attached hydrogens (tertiary/aromatic N) is 6. The van der Waals surface area contributed by atoms with Crippen LogP contribution in [0.1, 0.15) is 0 Å². The average Bonchev–Trinajstić information content (AvgIpc) is 3.18. The minimum Gasteiger partial charge on any atom is -0.354 e. The normalized spacial score (nSPS) is 14.0. The van der Waals surface area contributed by atoms with Gasteiger partial charge in [0.1, 0.15) is 18.0 Å². The van der Waals surface area contributed by atoms with Crippen LogP contribution in [0.15, 0.2) is 59.3 Å². The van der Waals surface area contributed by atoms with Crippen molar-refractivity contribution < 1.29 is 8.78 Å². The lowest BCUT2D eigenvalue weighted by Gasteiger charge is -2.28. The highest BCUT2D eigenvalue weighted by molar-refractivity contribution is 5.61. The first-order valence-electron chi connectivity index (χ1n) is 9.84. The van der Waals surface area contributed by atoms with Crippen molar-refractivity contribution in [2.45, 2.75) is 6.54 Å². The second-order valence-corrected chi connectivity index (χ2v) is 7.03. The molecule has 1 fully saturated rings. The highest BCUT2D eigenvalue weighted by Crippen LogP contribution is 2.20. The van der Waals surface area contributed by atoms with E-state index in [9.17, 15) is 13.6 Å². The van der Waals surface area contributed by atoms with Crippen molar-refractivity contribution in [1.29, 1.82) is 0 Å². The molecular formula is C20H22F2N8O. The molecule has 9 nitrogen and oxygen atoms in total. The fourth-order valence-corrected chi connectivity index (χ4v) is 3.32. The predicted molar refractivity (Wildman–Crippen MR) is 112 cm³/mol. The van der Waals surface area contributed by atoms with E-state index in [1.54, 1.807) is 18.3 Å². The van der Waals surface area contributed by atoms with Gasteiger partial charge in [0.15, 0.2) is 0 Å². The maximum absolute atomic E-state index is 12.9. The van der Waals surface area contributed by atoms with Gasteiger partial charge in [-0.2, -0.15) is 13.9 Å². The van der Waals surface area contributed by atoms with Gasteiger partial charge in [-0.1, -0.05) is 6.07 Å². The third-order valence-electron chi connectivity index (χ3n) is 5.05. The molecule has 0 aromatic carbocycles. The number of halogens is 2. The van der Waals surface area contributed by atoms with E-state index < -0.39 is 11.8 Å². The Labute approximate surface area is 176 Å². The Balaban J connectivity index is 1.58. The fourth-order valence-electron chi connectivity index (χ4n) is 3.32. The summed E-state index contributed by atoms with van der Waals surface area (Å²) in [6.45, 7) is 2.93. The molecule has 0 radical (unpaired) electrons. The number of hydrogen-bond acceptors (Lipinski definition) is 7. The Morgan fingerprint density at radius 1 is 1.13 bits per heavy atom.